The highest BCUT2D eigenvalue weighted by Gasteiger charge is 2.32. The number of rotatable bonds is 5. The summed E-state index contributed by atoms with van der Waals surface area (Å²) in [6.07, 6.45) is 0.847. The van der Waals surface area contributed by atoms with Crippen LogP contribution in [0.3, 0.4) is 0 Å². The number of hydrogen-bond donors (Lipinski definition) is 0. The van der Waals surface area contributed by atoms with Crippen molar-refractivity contribution in [3.8, 4) is 0 Å². The van der Waals surface area contributed by atoms with E-state index in [0.29, 0.717) is 17.1 Å². The lowest BCUT2D eigenvalue weighted by atomic mass is 10.1. The molecule has 7 heteroatoms. The predicted molar refractivity (Wildman–Crippen MR) is 140 cm³/mol. The number of carbonyl (C=O) groups is 1. The van der Waals surface area contributed by atoms with E-state index in [1.165, 1.54) is 21.2 Å². The van der Waals surface area contributed by atoms with E-state index in [9.17, 15) is 13.2 Å². The zero-order valence-corrected chi connectivity index (χ0v) is 21.0. The Bertz CT molecular complexity index is 1490. The van der Waals surface area contributed by atoms with E-state index in [0.717, 1.165) is 27.8 Å². The van der Waals surface area contributed by atoms with Crippen LogP contribution in [0.2, 0.25) is 0 Å². The molecule has 0 saturated heterocycles. The number of thiophene rings is 1. The Morgan fingerprint density at radius 2 is 1.79 bits per heavy atom. The highest BCUT2D eigenvalue weighted by molar-refractivity contribution is 7.92. The van der Waals surface area contributed by atoms with Crippen LogP contribution >= 0.6 is 11.3 Å². The van der Waals surface area contributed by atoms with E-state index in [1.807, 2.05) is 61.2 Å². The summed E-state index contributed by atoms with van der Waals surface area (Å²) < 4.78 is 29.0. The van der Waals surface area contributed by atoms with Gasteiger partial charge in [0.05, 0.1) is 15.5 Å². The van der Waals surface area contributed by atoms with Gasteiger partial charge < -0.3 is 4.90 Å². The molecule has 3 aromatic carbocycles. The van der Waals surface area contributed by atoms with Crippen molar-refractivity contribution >= 4 is 48.7 Å². The standard InChI is InChI=1S/C27H26N2O3S2/c1-4-28(34(31,32)23-12-9-18(2)10-13-23)22-11-14-25-21(16-22)17-26(33-25)27(30)29-19(3)15-20-7-5-6-8-24(20)29/h5-14,16-17,19H,4,15H2,1-3H3/t19-/m1/s1. The molecular formula is C27H26N2O3S2. The van der Waals surface area contributed by atoms with Gasteiger partial charge in [-0.2, -0.15) is 0 Å². The smallest absolute Gasteiger partial charge is 0.268 e. The Labute approximate surface area is 204 Å². The predicted octanol–water partition coefficient (Wildman–Crippen LogP) is 6.02. The molecule has 0 spiro atoms. The molecule has 0 saturated carbocycles. The minimum absolute atomic E-state index is 0.0141. The molecule has 174 valence electrons. The molecule has 1 aliphatic rings. The van der Waals surface area contributed by atoms with E-state index in [1.54, 1.807) is 24.3 Å². The van der Waals surface area contributed by atoms with Crippen LogP contribution in [0.25, 0.3) is 10.1 Å². The number of carbonyl (C=O) groups excluding carboxylic acids is 1. The fourth-order valence-electron chi connectivity index (χ4n) is 4.61. The maximum Gasteiger partial charge on any atom is 0.268 e. The maximum absolute atomic E-state index is 13.5. The lowest BCUT2D eigenvalue weighted by Gasteiger charge is -2.23. The topological polar surface area (TPSA) is 57.7 Å². The number of aryl methyl sites for hydroxylation is 1. The molecule has 0 fully saturated rings. The van der Waals surface area contributed by atoms with Crippen molar-refractivity contribution in [2.75, 3.05) is 15.7 Å². The normalized spacial score (nSPS) is 15.5. The van der Waals surface area contributed by atoms with Crippen molar-refractivity contribution in [1.82, 2.24) is 0 Å². The first kappa shape index (κ1) is 22.6. The van der Waals surface area contributed by atoms with Crippen LogP contribution in [-0.2, 0) is 16.4 Å². The van der Waals surface area contributed by atoms with Gasteiger partial charge in [0.1, 0.15) is 0 Å². The van der Waals surface area contributed by atoms with E-state index in [-0.39, 0.29) is 16.8 Å². The Kier molecular flexibility index (Phi) is 5.70. The van der Waals surface area contributed by atoms with Gasteiger partial charge >= 0.3 is 0 Å². The minimum Gasteiger partial charge on any atom is -0.304 e. The van der Waals surface area contributed by atoms with Gasteiger partial charge in [-0.1, -0.05) is 35.9 Å². The van der Waals surface area contributed by atoms with Gasteiger partial charge in [0.15, 0.2) is 0 Å². The second-order valence-corrected chi connectivity index (χ2v) is 11.6. The van der Waals surface area contributed by atoms with Crippen molar-refractivity contribution in [3.05, 3.63) is 88.8 Å². The molecule has 2 heterocycles. The second-order valence-electron chi connectivity index (χ2n) is 8.67. The number of nitrogens with zero attached hydrogens (tertiary/aromatic N) is 2. The lowest BCUT2D eigenvalue weighted by Crippen LogP contribution is -2.35. The van der Waals surface area contributed by atoms with E-state index < -0.39 is 10.0 Å². The number of fused-ring (bicyclic) bond motifs is 2. The lowest BCUT2D eigenvalue weighted by molar-refractivity contribution is 0.0985. The second kappa shape index (κ2) is 8.56. The molecular weight excluding hydrogens is 464 g/mol. The molecule has 34 heavy (non-hydrogen) atoms. The largest absolute Gasteiger partial charge is 0.304 e. The Balaban J connectivity index is 1.49. The number of para-hydroxylation sites is 1. The zero-order chi connectivity index (χ0) is 24.0. The van der Waals surface area contributed by atoms with Crippen molar-refractivity contribution in [3.63, 3.8) is 0 Å². The van der Waals surface area contributed by atoms with Gasteiger partial charge in [-0.15, -0.1) is 11.3 Å². The molecule has 0 aliphatic carbocycles. The fourth-order valence-corrected chi connectivity index (χ4v) is 7.06. The number of hydrogen-bond acceptors (Lipinski definition) is 4. The monoisotopic (exact) mass is 490 g/mol. The SMILES string of the molecule is CCN(c1ccc2sc(C(=O)N3c4ccccc4C[C@H]3C)cc2c1)S(=O)(=O)c1ccc(C)cc1. The molecule has 5 rings (SSSR count). The van der Waals surface area contributed by atoms with Crippen molar-refractivity contribution in [2.45, 2.75) is 38.1 Å². The third-order valence-corrected chi connectivity index (χ3v) is 9.34. The number of benzene rings is 3. The molecule has 4 aromatic rings. The quantitative estimate of drug-likeness (QED) is 0.344. The van der Waals surface area contributed by atoms with E-state index >= 15 is 0 Å². The van der Waals surface area contributed by atoms with Crippen LogP contribution in [-0.4, -0.2) is 26.9 Å². The third kappa shape index (κ3) is 3.79. The van der Waals surface area contributed by atoms with Crippen LogP contribution in [0, 0.1) is 6.92 Å². The molecule has 5 nitrogen and oxygen atoms in total. The van der Waals surface area contributed by atoms with Crippen LogP contribution in [0.5, 0.6) is 0 Å². The Morgan fingerprint density at radius 1 is 1.06 bits per heavy atom. The summed E-state index contributed by atoms with van der Waals surface area (Å²) in [6, 6.07) is 22.5. The molecule has 0 bridgehead atoms. The van der Waals surface area contributed by atoms with Gasteiger partial charge in [0.25, 0.3) is 15.9 Å². The average molecular weight is 491 g/mol. The Morgan fingerprint density at radius 3 is 2.53 bits per heavy atom. The summed E-state index contributed by atoms with van der Waals surface area (Å²) in [5.41, 5.74) is 3.76. The van der Waals surface area contributed by atoms with Crippen molar-refractivity contribution in [1.29, 1.82) is 0 Å². The van der Waals surface area contributed by atoms with Crippen LogP contribution in [0.4, 0.5) is 11.4 Å². The fraction of sp³-hybridized carbons (Fsp3) is 0.222. The van der Waals surface area contributed by atoms with Crippen molar-refractivity contribution in [2.24, 2.45) is 0 Å². The maximum atomic E-state index is 13.5. The first-order chi connectivity index (χ1) is 16.3. The zero-order valence-electron chi connectivity index (χ0n) is 19.4. The van der Waals surface area contributed by atoms with Crippen LogP contribution in [0.15, 0.2) is 77.7 Å². The number of anilines is 2. The third-order valence-electron chi connectivity index (χ3n) is 6.32. The number of sulfonamides is 1. The highest BCUT2D eigenvalue weighted by Crippen LogP contribution is 2.36. The summed E-state index contributed by atoms with van der Waals surface area (Å²) in [7, 11) is -3.69. The van der Waals surface area contributed by atoms with Crippen LogP contribution < -0.4 is 9.21 Å². The molecule has 1 atom stereocenters. The van der Waals surface area contributed by atoms with Crippen LogP contribution in [0.1, 0.15) is 34.6 Å². The summed E-state index contributed by atoms with van der Waals surface area (Å²) in [5.74, 6) is -0.0141. The minimum atomic E-state index is -3.69. The highest BCUT2D eigenvalue weighted by atomic mass is 32.2. The van der Waals surface area contributed by atoms with Gasteiger partial charge in [-0.25, -0.2) is 8.42 Å². The van der Waals surface area contributed by atoms with E-state index in [2.05, 4.69) is 13.0 Å². The van der Waals surface area contributed by atoms with Gasteiger partial charge in [0, 0.05) is 23.0 Å². The molecule has 1 aromatic heterocycles. The van der Waals surface area contributed by atoms with Crippen molar-refractivity contribution < 1.29 is 13.2 Å². The summed E-state index contributed by atoms with van der Waals surface area (Å²) in [4.78, 5) is 16.3. The summed E-state index contributed by atoms with van der Waals surface area (Å²) in [6.45, 7) is 6.13. The molecule has 0 N–H and O–H groups in total. The molecule has 0 unspecified atom stereocenters. The summed E-state index contributed by atoms with van der Waals surface area (Å²) in [5, 5.41) is 0.864. The molecule has 1 aliphatic heterocycles. The first-order valence-electron chi connectivity index (χ1n) is 11.3. The van der Waals surface area contributed by atoms with Gasteiger partial charge in [0.2, 0.25) is 0 Å². The van der Waals surface area contributed by atoms with Gasteiger partial charge in [-0.05, 0) is 80.6 Å². The number of amides is 1. The molecule has 1 amide bonds. The Hall–Kier alpha value is -3.16. The summed E-state index contributed by atoms with van der Waals surface area (Å²) >= 11 is 1.44. The van der Waals surface area contributed by atoms with E-state index in [4.69, 9.17) is 0 Å². The first-order valence-corrected chi connectivity index (χ1v) is 13.6. The molecule has 0 radical (unpaired) electrons. The average Bonchev–Trinajstić information content (AvgIpc) is 3.39. The van der Waals surface area contributed by atoms with Gasteiger partial charge in [-0.3, -0.25) is 9.10 Å².